The molecule has 15 heavy (non-hydrogen) atoms. The van der Waals surface area contributed by atoms with Gasteiger partial charge in [0.1, 0.15) is 0 Å². The molecule has 0 saturated carbocycles. The molecule has 5 nitrogen and oxygen atoms in total. The average Bonchev–Trinajstić information content (AvgIpc) is 2.57. The Morgan fingerprint density at radius 2 is 2.20 bits per heavy atom. The van der Waals surface area contributed by atoms with Crippen molar-refractivity contribution >= 4 is 11.9 Å². The maximum atomic E-state index is 4.45. The molecule has 1 aliphatic rings. The van der Waals surface area contributed by atoms with Crippen LogP contribution < -0.4 is 10.6 Å². The van der Waals surface area contributed by atoms with Gasteiger partial charge in [0.15, 0.2) is 0 Å². The monoisotopic (exact) mass is 209 g/mol. The van der Waals surface area contributed by atoms with Gasteiger partial charge < -0.3 is 10.6 Å². The zero-order chi connectivity index (χ0) is 11.1. The maximum Gasteiger partial charge on any atom is 0.243 e. The summed E-state index contributed by atoms with van der Waals surface area (Å²) in [6.45, 7) is 7.71. The molecule has 0 spiro atoms. The highest BCUT2D eigenvalue weighted by Crippen LogP contribution is 2.37. The van der Waals surface area contributed by atoms with Crippen molar-refractivity contribution < 1.29 is 0 Å². The van der Waals surface area contributed by atoms with Gasteiger partial charge in [0, 0.05) is 13.6 Å². The molecule has 0 aliphatic carbocycles. The molecule has 0 fully saturated rings. The highest BCUT2D eigenvalue weighted by molar-refractivity contribution is 5.36. The number of fused-ring (bicyclic) bond motifs is 1. The molecule has 0 saturated heterocycles. The van der Waals surface area contributed by atoms with E-state index in [0.29, 0.717) is 12.0 Å². The summed E-state index contributed by atoms with van der Waals surface area (Å²) in [5.74, 6) is 1.57. The van der Waals surface area contributed by atoms with Gasteiger partial charge in [-0.1, -0.05) is 20.8 Å². The maximum absolute atomic E-state index is 4.45. The minimum Gasteiger partial charge on any atom is -0.356 e. The molecule has 1 unspecified atom stereocenters. The lowest BCUT2D eigenvalue weighted by molar-refractivity contribution is 0.210. The second-order valence-corrected chi connectivity index (χ2v) is 5.05. The van der Waals surface area contributed by atoms with Gasteiger partial charge in [-0.25, -0.2) is 4.68 Å². The Bertz CT molecular complexity index is 349. The van der Waals surface area contributed by atoms with Crippen molar-refractivity contribution in [2.24, 2.45) is 5.41 Å². The Labute approximate surface area is 90.3 Å². The first-order valence-corrected chi connectivity index (χ1v) is 5.40. The molecule has 2 rings (SSSR count). The highest BCUT2D eigenvalue weighted by Gasteiger charge is 2.32. The quantitative estimate of drug-likeness (QED) is 0.739. The van der Waals surface area contributed by atoms with Crippen LogP contribution in [-0.2, 0) is 0 Å². The lowest BCUT2D eigenvalue weighted by Crippen LogP contribution is -2.32. The van der Waals surface area contributed by atoms with Crippen LogP contribution in [-0.4, -0.2) is 28.4 Å². The lowest BCUT2D eigenvalue weighted by atomic mass is 9.84. The van der Waals surface area contributed by atoms with Gasteiger partial charge in [-0.3, -0.25) is 0 Å². The summed E-state index contributed by atoms with van der Waals surface area (Å²) in [7, 11) is 1.84. The van der Waals surface area contributed by atoms with Crippen LogP contribution in [0.4, 0.5) is 11.9 Å². The third-order valence-electron chi connectivity index (χ3n) is 2.85. The SMILES string of the molecule is CNc1nc2n(n1)C(C(C)(C)C)CCN2. The number of anilines is 2. The molecule has 5 heteroatoms. The molecule has 2 N–H and O–H groups in total. The van der Waals surface area contributed by atoms with Crippen molar-refractivity contribution in [2.75, 3.05) is 24.2 Å². The van der Waals surface area contributed by atoms with E-state index in [1.165, 1.54) is 0 Å². The van der Waals surface area contributed by atoms with E-state index in [2.05, 4.69) is 41.5 Å². The molecular weight excluding hydrogens is 190 g/mol. The van der Waals surface area contributed by atoms with Crippen molar-refractivity contribution in [3.63, 3.8) is 0 Å². The Balaban J connectivity index is 2.37. The molecule has 84 valence electrons. The molecule has 1 aliphatic heterocycles. The van der Waals surface area contributed by atoms with Gasteiger partial charge in [-0.2, -0.15) is 4.98 Å². The first kappa shape index (κ1) is 10.3. The van der Waals surface area contributed by atoms with Crippen LogP contribution in [0.5, 0.6) is 0 Å². The summed E-state index contributed by atoms with van der Waals surface area (Å²) in [5, 5.41) is 10.7. The Kier molecular flexibility index (Phi) is 2.32. The Hall–Kier alpha value is -1.26. The molecule has 2 heterocycles. The van der Waals surface area contributed by atoms with E-state index in [0.717, 1.165) is 18.9 Å². The van der Waals surface area contributed by atoms with Crippen LogP contribution in [0.1, 0.15) is 33.2 Å². The zero-order valence-corrected chi connectivity index (χ0v) is 9.83. The minimum absolute atomic E-state index is 0.218. The van der Waals surface area contributed by atoms with Crippen molar-refractivity contribution in [1.29, 1.82) is 0 Å². The van der Waals surface area contributed by atoms with Crippen LogP contribution in [0, 0.1) is 5.41 Å². The summed E-state index contributed by atoms with van der Waals surface area (Å²) in [6, 6.07) is 0.420. The number of rotatable bonds is 1. The van der Waals surface area contributed by atoms with Gasteiger partial charge in [-0.15, -0.1) is 5.10 Å². The molecule has 0 radical (unpaired) electrons. The van der Waals surface area contributed by atoms with E-state index in [1.807, 2.05) is 11.7 Å². The number of nitrogens with zero attached hydrogens (tertiary/aromatic N) is 3. The van der Waals surface area contributed by atoms with Crippen LogP contribution >= 0.6 is 0 Å². The summed E-state index contributed by atoms with van der Waals surface area (Å²) >= 11 is 0. The van der Waals surface area contributed by atoms with Gasteiger partial charge in [0.05, 0.1) is 6.04 Å². The van der Waals surface area contributed by atoms with Crippen molar-refractivity contribution in [3.8, 4) is 0 Å². The lowest BCUT2D eigenvalue weighted by Gasteiger charge is -2.34. The second kappa shape index (κ2) is 3.40. The average molecular weight is 209 g/mol. The van der Waals surface area contributed by atoms with Gasteiger partial charge in [0.2, 0.25) is 11.9 Å². The molecule has 0 amide bonds. The number of hydrogen-bond acceptors (Lipinski definition) is 4. The van der Waals surface area contributed by atoms with Crippen molar-refractivity contribution in [2.45, 2.75) is 33.2 Å². The van der Waals surface area contributed by atoms with Crippen molar-refractivity contribution in [1.82, 2.24) is 14.8 Å². The van der Waals surface area contributed by atoms with E-state index >= 15 is 0 Å². The normalized spacial score (nSPS) is 20.7. The zero-order valence-electron chi connectivity index (χ0n) is 9.83. The third kappa shape index (κ3) is 1.78. The first-order valence-electron chi connectivity index (χ1n) is 5.40. The van der Waals surface area contributed by atoms with E-state index < -0.39 is 0 Å². The van der Waals surface area contributed by atoms with E-state index in [1.54, 1.807) is 0 Å². The number of nitrogens with one attached hydrogen (secondary N) is 2. The van der Waals surface area contributed by atoms with Gasteiger partial charge in [0.25, 0.3) is 0 Å². The molecule has 1 atom stereocenters. The van der Waals surface area contributed by atoms with Crippen LogP contribution in [0.25, 0.3) is 0 Å². The number of aromatic nitrogens is 3. The second-order valence-electron chi connectivity index (χ2n) is 5.05. The summed E-state index contributed by atoms with van der Waals surface area (Å²) in [6.07, 6.45) is 1.10. The van der Waals surface area contributed by atoms with Crippen molar-refractivity contribution in [3.05, 3.63) is 0 Å². The first-order chi connectivity index (χ1) is 7.02. The summed E-state index contributed by atoms with van der Waals surface area (Å²) in [4.78, 5) is 4.36. The highest BCUT2D eigenvalue weighted by atomic mass is 15.5. The predicted octanol–water partition coefficient (Wildman–Crippen LogP) is 1.72. The fraction of sp³-hybridized carbons (Fsp3) is 0.800. The van der Waals surface area contributed by atoms with Crippen LogP contribution in [0.15, 0.2) is 0 Å². The molecule has 1 aromatic heterocycles. The van der Waals surface area contributed by atoms with Gasteiger partial charge >= 0.3 is 0 Å². The minimum atomic E-state index is 0.218. The predicted molar refractivity (Wildman–Crippen MR) is 61.2 cm³/mol. The molecular formula is C10H19N5. The number of hydrogen-bond donors (Lipinski definition) is 2. The summed E-state index contributed by atoms with van der Waals surface area (Å²) in [5.41, 5.74) is 0.218. The fourth-order valence-electron chi connectivity index (χ4n) is 2.01. The fourth-order valence-corrected chi connectivity index (χ4v) is 2.01. The third-order valence-corrected chi connectivity index (χ3v) is 2.85. The largest absolute Gasteiger partial charge is 0.356 e. The van der Waals surface area contributed by atoms with Crippen LogP contribution in [0.2, 0.25) is 0 Å². The Morgan fingerprint density at radius 1 is 1.47 bits per heavy atom. The van der Waals surface area contributed by atoms with E-state index in [9.17, 15) is 0 Å². The van der Waals surface area contributed by atoms with Crippen LogP contribution in [0.3, 0.4) is 0 Å². The van der Waals surface area contributed by atoms with E-state index in [4.69, 9.17) is 0 Å². The van der Waals surface area contributed by atoms with E-state index in [-0.39, 0.29) is 5.41 Å². The molecule has 0 aromatic carbocycles. The molecule has 0 bridgehead atoms. The smallest absolute Gasteiger partial charge is 0.243 e. The standard InChI is InChI=1S/C10H19N5/c1-10(2,3)7-5-6-12-9-13-8(11-4)14-15(7)9/h7H,5-6H2,1-4H3,(H2,11,12,13,14). The Morgan fingerprint density at radius 3 is 2.80 bits per heavy atom. The molecule has 1 aromatic rings. The van der Waals surface area contributed by atoms with Gasteiger partial charge in [-0.05, 0) is 11.8 Å². The summed E-state index contributed by atoms with van der Waals surface area (Å²) < 4.78 is 2.01. The topological polar surface area (TPSA) is 54.8 Å².